The first-order chi connectivity index (χ1) is 10.6. The summed E-state index contributed by atoms with van der Waals surface area (Å²) in [5.41, 5.74) is 0. The summed E-state index contributed by atoms with van der Waals surface area (Å²) in [6.45, 7) is 9.72. The number of amides is 1. The maximum atomic E-state index is 12.0. The fraction of sp³-hybridized carbons (Fsp3) is 0.875. The lowest BCUT2D eigenvalue weighted by molar-refractivity contribution is 0.0657. The van der Waals surface area contributed by atoms with E-state index in [9.17, 15) is 4.79 Å². The van der Waals surface area contributed by atoms with Gasteiger partial charge in [-0.15, -0.1) is 0 Å². The van der Waals surface area contributed by atoms with Crippen molar-refractivity contribution < 1.29 is 14.3 Å². The van der Waals surface area contributed by atoms with Gasteiger partial charge in [0.05, 0.1) is 19.8 Å². The van der Waals surface area contributed by atoms with Crippen LogP contribution in [-0.2, 0) is 9.47 Å². The first-order valence-electron chi connectivity index (χ1n) is 8.33. The molecule has 0 N–H and O–H groups in total. The van der Waals surface area contributed by atoms with Crippen LogP contribution in [-0.4, -0.2) is 74.8 Å². The van der Waals surface area contributed by atoms with Crippen molar-refractivity contribution in [3.63, 3.8) is 0 Å². The molecule has 22 heavy (non-hydrogen) atoms. The van der Waals surface area contributed by atoms with Crippen LogP contribution in [0.15, 0.2) is 4.99 Å². The lowest BCUT2D eigenvalue weighted by Gasteiger charge is -2.31. The summed E-state index contributed by atoms with van der Waals surface area (Å²) in [6.07, 6.45) is 1.73. The fourth-order valence-electron chi connectivity index (χ4n) is 2.90. The molecule has 0 radical (unpaired) electrons. The van der Waals surface area contributed by atoms with Crippen molar-refractivity contribution in [1.29, 1.82) is 0 Å². The molecule has 1 amide bonds. The van der Waals surface area contributed by atoms with E-state index in [4.69, 9.17) is 9.47 Å². The quantitative estimate of drug-likeness (QED) is 0.588. The van der Waals surface area contributed by atoms with Crippen LogP contribution in [0.2, 0.25) is 0 Å². The van der Waals surface area contributed by atoms with Crippen LogP contribution < -0.4 is 0 Å². The third-order valence-corrected chi connectivity index (χ3v) is 4.34. The lowest BCUT2D eigenvalue weighted by atomic mass is 9.98. The van der Waals surface area contributed by atoms with E-state index in [-0.39, 0.29) is 5.92 Å². The Morgan fingerprint density at radius 1 is 1.23 bits per heavy atom. The van der Waals surface area contributed by atoms with Crippen LogP contribution in [0.3, 0.4) is 0 Å². The second kappa shape index (κ2) is 8.48. The molecule has 6 nitrogen and oxygen atoms in total. The van der Waals surface area contributed by atoms with Crippen molar-refractivity contribution in [2.45, 2.75) is 26.7 Å². The summed E-state index contributed by atoms with van der Waals surface area (Å²) in [4.78, 5) is 20.7. The summed E-state index contributed by atoms with van der Waals surface area (Å²) in [6, 6.07) is 0. The molecule has 2 fully saturated rings. The zero-order chi connectivity index (χ0) is 15.9. The highest BCUT2D eigenvalue weighted by atomic mass is 16.5. The minimum Gasteiger partial charge on any atom is -0.448 e. The normalized spacial score (nSPS) is 22.2. The Morgan fingerprint density at radius 2 is 1.86 bits per heavy atom. The van der Waals surface area contributed by atoms with E-state index < -0.39 is 6.09 Å². The average molecular weight is 311 g/mol. The molecule has 0 bridgehead atoms. The molecular weight excluding hydrogens is 282 g/mol. The van der Waals surface area contributed by atoms with E-state index in [2.05, 4.69) is 35.7 Å². The molecule has 0 atom stereocenters. The van der Waals surface area contributed by atoms with Crippen molar-refractivity contribution in [2.75, 3.05) is 53.0 Å². The van der Waals surface area contributed by atoms with Crippen molar-refractivity contribution in [3.8, 4) is 0 Å². The molecule has 0 aliphatic carbocycles. The van der Waals surface area contributed by atoms with Crippen LogP contribution in [0.5, 0.6) is 0 Å². The van der Waals surface area contributed by atoms with E-state index in [1.807, 2.05) is 0 Å². The van der Waals surface area contributed by atoms with Gasteiger partial charge in [-0.25, -0.2) is 4.79 Å². The molecule has 2 aliphatic rings. The van der Waals surface area contributed by atoms with Crippen LogP contribution >= 0.6 is 0 Å². The number of likely N-dealkylation sites (tertiary alicyclic amines) is 1. The van der Waals surface area contributed by atoms with Crippen molar-refractivity contribution in [1.82, 2.24) is 9.80 Å². The second-order valence-corrected chi connectivity index (χ2v) is 6.55. The molecule has 2 rings (SSSR count). The molecule has 126 valence electrons. The number of nitrogens with zero attached hydrogens (tertiary/aromatic N) is 3. The van der Waals surface area contributed by atoms with Gasteiger partial charge in [-0.3, -0.25) is 0 Å². The lowest BCUT2D eigenvalue weighted by Crippen LogP contribution is -2.43. The topological polar surface area (TPSA) is 54.4 Å². The molecule has 2 heterocycles. The minimum atomic E-state index is -0.450. The molecule has 0 saturated carbocycles. The maximum Gasteiger partial charge on any atom is 0.435 e. The Balaban J connectivity index is 1.83. The highest BCUT2D eigenvalue weighted by Gasteiger charge is 2.21. The third kappa shape index (κ3) is 5.25. The molecular formula is C16H29N3O3. The number of carbonyl (C=O) groups excluding carboxylic acids is 1. The number of carbonyl (C=O) groups is 1. The van der Waals surface area contributed by atoms with Gasteiger partial charge in [0, 0.05) is 19.0 Å². The van der Waals surface area contributed by atoms with Gasteiger partial charge in [-0.1, -0.05) is 13.8 Å². The standard InChI is InChI=1S/C16H29N3O3/c1-13(2)15(19-8-10-21-11-9-19)17-16(20)22-12-14-4-6-18(3)7-5-14/h13-14H,4-12H2,1-3H3/b17-15-. The van der Waals surface area contributed by atoms with E-state index >= 15 is 0 Å². The molecule has 0 spiro atoms. The second-order valence-electron chi connectivity index (χ2n) is 6.55. The highest BCUT2D eigenvalue weighted by molar-refractivity contribution is 5.93. The highest BCUT2D eigenvalue weighted by Crippen LogP contribution is 2.16. The SMILES string of the molecule is CC(C)/C(=N/C(=O)OCC1CCN(C)CC1)N1CCOCC1. The Bertz CT molecular complexity index is 384. The van der Waals surface area contributed by atoms with Gasteiger partial charge in [0.2, 0.25) is 0 Å². The number of rotatable bonds is 3. The smallest absolute Gasteiger partial charge is 0.435 e. The molecule has 2 aliphatic heterocycles. The van der Waals surface area contributed by atoms with E-state index in [1.165, 1.54) is 0 Å². The average Bonchev–Trinajstić information content (AvgIpc) is 2.52. The summed E-state index contributed by atoms with van der Waals surface area (Å²) in [5.74, 6) is 1.49. The van der Waals surface area contributed by atoms with Gasteiger partial charge in [-0.2, -0.15) is 4.99 Å². The summed E-state index contributed by atoms with van der Waals surface area (Å²) >= 11 is 0. The predicted molar refractivity (Wildman–Crippen MR) is 86.2 cm³/mol. The molecule has 2 saturated heterocycles. The van der Waals surface area contributed by atoms with Gasteiger partial charge >= 0.3 is 6.09 Å². The van der Waals surface area contributed by atoms with Gasteiger partial charge in [0.1, 0.15) is 5.84 Å². The Morgan fingerprint density at radius 3 is 2.45 bits per heavy atom. The first-order valence-corrected chi connectivity index (χ1v) is 8.33. The summed E-state index contributed by atoms with van der Waals surface area (Å²) < 4.78 is 10.7. The number of hydrogen-bond acceptors (Lipinski definition) is 4. The van der Waals surface area contributed by atoms with Crippen molar-refractivity contribution in [3.05, 3.63) is 0 Å². The molecule has 6 heteroatoms. The Hall–Kier alpha value is -1.14. The Labute approximate surface area is 133 Å². The van der Waals surface area contributed by atoms with E-state index in [0.717, 1.165) is 44.9 Å². The van der Waals surface area contributed by atoms with E-state index in [1.54, 1.807) is 0 Å². The number of aliphatic imine (C=N–C) groups is 1. The minimum absolute atomic E-state index is 0.203. The number of morpholine rings is 1. The summed E-state index contributed by atoms with van der Waals surface area (Å²) in [5, 5.41) is 0. The van der Waals surface area contributed by atoms with Crippen LogP contribution in [0.1, 0.15) is 26.7 Å². The monoisotopic (exact) mass is 311 g/mol. The van der Waals surface area contributed by atoms with Crippen LogP contribution in [0, 0.1) is 11.8 Å². The number of hydrogen-bond donors (Lipinski definition) is 0. The summed E-state index contributed by atoms with van der Waals surface area (Å²) in [7, 11) is 2.13. The van der Waals surface area contributed by atoms with Crippen LogP contribution in [0.4, 0.5) is 4.79 Å². The molecule has 0 aromatic carbocycles. The number of amidine groups is 1. The fourth-order valence-corrected chi connectivity index (χ4v) is 2.90. The zero-order valence-corrected chi connectivity index (χ0v) is 14.1. The molecule has 0 unspecified atom stereocenters. The number of piperidine rings is 1. The molecule has 0 aromatic heterocycles. The first kappa shape index (κ1) is 17.2. The van der Waals surface area contributed by atoms with Crippen LogP contribution in [0.25, 0.3) is 0 Å². The zero-order valence-electron chi connectivity index (χ0n) is 14.1. The number of ether oxygens (including phenoxy) is 2. The van der Waals surface area contributed by atoms with Crippen molar-refractivity contribution >= 4 is 11.9 Å². The van der Waals surface area contributed by atoms with Crippen molar-refractivity contribution in [2.24, 2.45) is 16.8 Å². The van der Waals surface area contributed by atoms with Gasteiger partial charge in [-0.05, 0) is 38.9 Å². The van der Waals surface area contributed by atoms with E-state index in [0.29, 0.717) is 25.7 Å². The largest absolute Gasteiger partial charge is 0.448 e. The Kier molecular flexibility index (Phi) is 6.64. The third-order valence-electron chi connectivity index (χ3n) is 4.34. The van der Waals surface area contributed by atoms with Gasteiger partial charge in [0.25, 0.3) is 0 Å². The predicted octanol–water partition coefficient (Wildman–Crippen LogP) is 1.85. The maximum absolute atomic E-state index is 12.0. The van der Waals surface area contributed by atoms with Gasteiger partial charge < -0.3 is 19.3 Å². The van der Waals surface area contributed by atoms with Gasteiger partial charge in [0.15, 0.2) is 0 Å². The molecule has 0 aromatic rings.